The van der Waals surface area contributed by atoms with Crippen molar-refractivity contribution in [1.82, 2.24) is 5.06 Å². The summed E-state index contributed by atoms with van der Waals surface area (Å²) in [4.78, 5) is 5.76. The molecule has 0 spiro atoms. The second-order valence-electron chi connectivity index (χ2n) is 4.10. The molecule has 1 aliphatic rings. The van der Waals surface area contributed by atoms with Crippen molar-refractivity contribution in [2.45, 2.75) is 29.7 Å². The van der Waals surface area contributed by atoms with E-state index in [1.807, 2.05) is 5.06 Å². The Hall–Kier alpha value is -0.880. The summed E-state index contributed by atoms with van der Waals surface area (Å²) in [5.41, 5.74) is -4.24. The molecule has 100 valence electrons. The number of hydroxylamine groups is 2. The molecule has 0 aromatic heterocycles. The van der Waals surface area contributed by atoms with E-state index in [2.05, 4.69) is 0 Å². The van der Waals surface area contributed by atoms with E-state index < -0.39 is 5.51 Å². The van der Waals surface area contributed by atoms with Crippen molar-refractivity contribution in [1.29, 1.82) is 0 Å². The van der Waals surface area contributed by atoms with Crippen LogP contribution in [-0.2, 0) is 0 Å². The first-order chi connectivity index (χ1) is 8.53. The maximum Gasteiger partial charge on any atom is 0.446 e. The van der Waals surface area contributed by atoms with Gasteiger partial charge in [-0.15, -0.1) is 5.06 Å². The van der Waals surface area contributed by atoms with Crippen molar-refractivity contribution in [3.8, 4) is 5.75 Å². The zero-order chi connectivity index (χ0) is 13.0. The molecule has 1 fully saturated rings. The Labute approximate surface area is 108 Å². The Morgan fingerprint density at radius 3 is 2.17 bits per heavy atom. The van der Waals surface area contributed by atoms with E-state index in [1.165, 1.54) is 18.6 Å². The molecule has 1 aliphatic heterocycles. The average molecular weight is 277 g/mol. The summed E-state index contributed by atoms with van der Waals surface area (Å²) in [6.07, 6.45) is 3.41. The molecule has 2 rings (SSSR count). The van der Waals surface area contributed by atoms with Gasteiger partial charge in [-0.05, 0) is 48.9 Å². The molecular weight excluding hydrogens is 263 g/mol. The van der Waals surface area contributed by atoms with Gasteiger partial charge in [-0.2, -0.15) is 13.2 Å². The zero-order valence-corrected chi connectivity index (χ0v) is 10.6. The van der Waals surface area contributed by atoms with Gasteiger partial charge in [0.15, 0.2) is 0 Å². The van der Waals surface area contributed by atoms with Gasteiger partial charge in [0.2, 0.25) is 0 Å². The van der Waals surface area contributed by atoms with Crippen molar-refractivity contribution in [3.63, 3.8) is 0 Å². The van der Waals surface area contributed by atoms with Crippen LogP contribution < -0.4 is 4.84 Å². The van der Waals surface area contributed by atoms with Crippen LogP contribution in [0, 0.1) is 0 Å². The number of halogens is 3. The van der Waals surface area contributed by atoms with Crippen LogP contribution in [0.3, 0.4) is 0 Å². The van der Waals surface area contributed by atoms with Crippen molar-refractivity contribution < 1.29 is 18.0 Å². The number of rotatable bonds is 3. The van der Waals surface area contributed by atoms with Gasteiger partial charge in [-0.1, -0.05) is 6.42 Å². The quantitative estimate of drug-likeness (QED) is 0.772. The number of nitrogens with zero attached hydrogens (tertiary/aromatic N) is 1. The summed E-state index contributed by atoms with van der Waals surface area (Å²) in [6.45, 7) is 1.75. The Morgan fingerprint density at radius 2 is 1.61 bits per heavy atom. The fourth-order valence-electron chi connectivity index (χ4n) is 1.81. The largest absolute Gasteiger partial charge is 0.446 e. The smallest absolute Gasteiger partial charge is 0.406 e. The van der Waals surface area contributed by atoms with Crippen molar-refractivity contribution >= 4 is 11.8 Å². The fraction of sp³-hybridized carbons (Fsp3) is 0.500. The van der Waals surface area contributed by atoms with Crippen LogP contribution in [0.4, 0.5) is 13.2 Å². The third-order valence-corrected chi connectivity index (χ3v) is 3.35. The minimum Gasteiger partial charge on any atom is -0.406 e. The van der Waals surface area contributed by atoms with E-state index >= 15 is 0 Å². The molecule has 0 atom stereocenters. The standard InChI is InChI=1S/C12H14F3NOS/c13-12(14,15)18-11-6-4-10(5-7-11)17-16-8-2-1-3-9-16/h4-7H,1-3,8-9H2. The van der Waals surface area contributed by atoms with E-state index in [4.69, 9.17) is 4.84 Å². The highest BCUT2D eigenvalue weighted by molar-refractivity contribution is 8.00. The molecule has 0 radical (unpaired) electrons. The van der Waals surface area contributed by atoms with Crippen LogP contribution in [0.5, 0.6) is 5.75 Å². The van der Waals surface area contributed by atoms with Crippen molar-refractivity contribution in [3.05, 3.63) is 24.3 Å². The zero-order valence-electron chi connectivity index (χ0n) is 9.74. The van der Waals surface area contributed by atoms with Gasteiger partial charge in [-0.25, -0.2) is 0 Å². The fourth-order valence-corrected chi connectivity index (χ4v) is 2.35. The van der Waals surface area contributed by atoms with E-state index in [0.717, 1.165) is 25.9 Å². The summed E-state index contributed by atoms with van der Waals surface area (Å²) in [6, 6.07) is 6.00. The molecular formula is C12H14F3NOS. The van der Waals surface area contributed by atoms with Crippen LogP contribution in [-0.4, -0.2) is 23.7 Å². The third-order valence-electron chi connectivity index (χ3n) is 2.61. The molecule has 0 N–H and O–H groups in total. The molecule has 1 saturated heterocycles. The van der Waals surface area contributed by atoms with Gasteiger partial charge in [0.05, 0.1) is 0 Å². The van der Waals surface area contributed by atoms with E-state index in [1.54, 1.807) is 12.1 Å². The predicted molar refractivity (Wildman–Crippen MR) is 64.4 cm³/mol. The molecule has 1 aromatic carbocycles. The number of piperidine rings is 1. The van der Waals surface area contributed by atoms with Gasteiger partial charge in [-0.3, -0.25) is 0 Å². The summed E-state index contributed by atoms with van der Waals surface area (Å²) < 4.78 is 36.4. The van der Waals surface area contributed by atoms with Gasteiger partial charge in [0.1, 0.15) is 5.75 Å². The number of thioether (sulfide) groups is 1. The Kier molecular flexibility index (Phi) is 4.40. The summed E-state index contributed by atoms with van der Waals surface area (Å²) in [5.74, 6) is 0.587. The Balaban J connectivity index is 1.90. The monoisotopic (exact) mass is 277 g/mol. The van der Waals surface area contributed by atoms with E-state index in [-0.39, 0.29) is 16.7 Å². The van der Waals surface area contributed by atoms with E-state index in [9.17, 15) is 13.2 Å². The van der Waals surface area contributed by atoms with Crippen LogP contribution in [0.15, 0.2) is 29.2 Å². The van der Waals surface area contributed by atoms with Crippen LogP contribution in [0.25, 0.3) is 0 Å². The Morgan fingerprint density at radius 1 is 1.00 bits per heavy atom. The number of hydrogen-bond donors (Lipinski definition) is 0. The lowest BCUT2D eigenvalue weighted by atomic mass is 10.2. The predicted octanol–water partition coefficient (Wildman–Crippen LogP) is 4.08. The molecule has 2 nitrogen and oxygen atoms in total. The molecule has 1 aromatic rings. The first kappa shape index (κ1) is 13.5. The van der Waals surface area contributed by atoms with Crippen molar-refractivity contribution in [2.24, 2.45) is 0 Å². The molecule has 0 aliphatic carbocycles. The lowest BCUT2D eigenvalue weighted by Gasteiger charge is -2.26. The topological polar surface area (TPSA) is 12.5 Å². The maximum absolute atomic E-state index is 12.1. The van der Waals surface area contributed by atoms with Crippen LogP contribution >= 0.6 is 11.8 Å². The minimum absolute atomic E-state index is 0.114. The second kappa shape index (κ2) is 5.84. The van der Waals surface area contributed by atoms with Gasteiger partial charge >= 0.3 is 5.51 Å². The lowest BCUT2D eigenvalue weighted by molar-refractivity contribution is -0.0720. The summed E-state index contributed by atoms with van der Waals surface area (Å²) in [5, 5.41) is 1.86. The number of hydrogen-bond acceptors (Lipinski definition) is 3. The molecule has 0 unspecified atom stereocenters. The van der Waals surface area contributed by atoms with Crippen molar-refractivity contribution in [2.75, 3.05) is 13.1 Å². The van der Waals surface area contributed by atoms with Gasteiger partial charge in [0, 0.05) is 18.0 Å². The average Bonchev–Trinajstić information content (AvgIpc) is 2.31. The lowest BCUT2D eigenvalue weighted by Crippen LogP contribution is -2.32. The molecule has 0 amide bonds. The highest BCUT2D eigenvalue weighted by Gasteiger charge is 2.29. The van der Waals surface area contributed by atoms with Crippen LogP contribution in [0.2, 0.25) is 0 Å². The highest BCUT2D eigenvalue weighted by atomic mass is 32.2. The number of alkyl halides is 3. The number of benzene rings is 1. The summed E-state index contributed by atoms with van der Waals surface area (Å²) in [7, 11) is 0. The maximum atomic E-state index is 12.1. The Bertz CT molecular complexity index is 374. The normalized spacial score (nSPS) is 17.7. The first-order valence-electron chi connectivity index (χ1n) is 5.82. The first-order valence-corrected chi connectivity index (χ1v) is 6.63. The van der Waals surface area contributed by atoms with Gasteiger partial charge in [0.25, 0.3) is 0 Å². The SMILES string of the molecule is FC(F)(F)Sc1ccc(ON2CCCCC2)cc1. The third kappa shape index (κ3) is 4.42. The minimum atomic E-state index is -4.24. The second-order valence-corrected chi connectivity index (χ2v) is 5.24. The molecule has 18 heavy (non-hydrogen) atoms. The molecule has 0 bridgehead atoms. The van der Waals surface area contributed by atoms with Crippen LogP contribution in [0.1, 0.15) is 19.3 Å². The molecule has 0 saturated carbocycles. The highest BCUT2D eigenvalue weighted by Crippen LogP contribution is 2.37. The summed E-state index contributed by atoms with van der Waals surface area (Å²) >= 11 is -0.114. The molecule has 6 heteroatoms. The van der Waals surface area contributed by atoms with Gasteiger partial charge < -0.3 is 4.84 Å². The molecule has 1 heterocycles. The van der Waals surface area contributed by atoms with E-state index in [0.29, 0.717) is 5.75 Å².